The molecule has 0 spiro atoms. The lowest BCUT2D eigenvalue weighted by atomic mass is 10.2. The van der Waals surface area contributed by atoms with E-state index >= 15 is 0 Å². The first-order chi connectivity index (χ1) is 8.22. The maximum absolute atomic E-state index is 12.2. The fraction of sp³-hybridized carbons (Fsp3) is 0.583. The Bertz CT molecular complexity index is 364. The number of amides is 1. The van der Waals surface area contributed by atoms with Crippen LogP contribution in [0.1, 0.15) is 19.1 Å². The fourth-order valence-electron chi connectivity index (χ4n) is 2.07. The molecule has 5 nitrogen and oxygen atoms in total. The SMILES string of the molecule is CC1CCNC(CO)C(=O)N1Cc1ccco1. The number of aliphatic hydroxyl groups is 1. The van der Waals surface area contributed by atoms with Crippen molar-refractivity contribution in [2.24, 2.45) is 0 Å². The lowest BCUT2D eigenvalue weighted by Gasteiger charge is -2.27. The van der Waals surface area contributed by atoms with Crippen molar-refractivity contribution in [1.29, 1.82) is 0 Å². The summed E-state index contributed by atoms with van der Waals surface area (Å²) in [6, 6.07) is 3.32. The highest BCUT2D eigenvalue weighted by atomic mass is 16.3. The van der Waals surface area contributed by atoms with E-state index in [1.165, 1.54) is 0 Å². The first kappa shape index (κ1) is 12.1. The number of nitrogens with one attached hydrogen (secondary N) is 1. The van der Waals surface area contributed by atoms with Gasteiger partial charge < -0.3 is 19.7 Å². The number of hydrogen-bond acceptors (Lipinski definition) is 4. The van der Waals surface area contributed by atoms with Crippen LogP contribution >= 0.6 is 0 Å². The van der Waals surface area contributed by atoms with E-state index in [1.807, 2.05) is 19.1 Å². The molecule has 0 saturated carbocycles. The van der Waals surface area contributed by atoms with Crippen LogP contribution in [0.25, 0.3) is 0 Å². The molecule has 1 amide bonds. The number of aliphatic hydroxyl groups excluding tert-OH is 1. The monoisotopic (exact) mass is 238 g/mol. The average molecular weight is 238 g/mol. The van der Waals surface area contributed by atoms with Gasteiger partial charge in [0.25, 0.3) is 0 Å². The summed E-state index contributed by atoms with van der Waals surface area (Å²) in [5, 5.41) is 12.2. The van der Waals surface area contributed by atoms with Gasteiger partial charge in [0.1, 0.15) is 11.8 Å². The molecule has 5 heteroatoms. The summed E-state index contributed by atoms with van der Waals surface area (Å²) in [7, 11) is 0. The number of rotatable bonds is 3. The summed E-state index contributed by atoms with van der Waals surface area (Å²) in [5.41, 5.74) is 0. The number of carbonyl (C=O) groups excluding carboxylic acids is 1. The molecule has 2 rings (SSSR count). The molecule has 94 valence electrons. The van der Waals surface area contributed by atoms with Crippen LogP contribution in [0.5, 0.6) is 0 Å². The molecule has 0 bridgehead atoms. The molecular weight excluding hydrogens is 220 g/mol. The second kappa shape index (κ2) is 5.33. The van der Waals surface area contributed by atoms with E-state index < -0.39 is 6.04 Å². The lowest BCUT2D eigenvalue weighted by Crippen LogP contribution is -2.47. The van der Waals surface area contributed by atoms with Gasteiger partial charge in [-0.05, 0) is 32.0 Å². The molecule has 0 radical (unpaired) electrons. The molecular formula is C12H18N2O3. The summed E-state index contributed by atoms with van der Waals surface area (Å²) in [4.78, 5) is 13.9. The van der Waals surface area contributed by atoms with Crippen LogP contribution < -0.4 is 5.32 Å². The minimum absolute atomic E-state index is 0.0612. The predicted octanol–water partition coefficient (Wildman–Crippen LogP) is 0.351. The molecule has 0 aliphatic carbocycles. The van der Waals surface area contributed by atoms with Crippen LogP contribution in [0.4, 0.5) is 0 Å². The van der Waals surface area contributed by atoms with E-state index in [1.54, 1.807) is 11.2 Å². The Morgan fingerprint density at radius 2 is 2.47 bits per heavy atom. The Morgan fingerprint density at radius 3 is 3.12 bits per heavy atom. The summed E-state index contributed by atoms with van der Waals surface area (Å²) in [6.07, 6.45) is 2.48. The molecule has 2 N–H and O–H groups in total. The Hall–Kier alpha value is -1.33. The van der Waals surface area contributed by atoms with E-state index in [0.29, 0.717) is 6.54 Å². The van der Waals surface area contributed by atoms with Crippen molar-refractivity contribution in [3.8, 4) is 0 Å². The van der Waals surface area contributed by atoms with E-state index in [0.717, 1.165) is 18.7 Å². The maximum Gasteiger partial charge on any atom is 0.242 e. The molecule has 1 aliphatic heterocycles. The van der Waals surface area contributed by atoms with Crippen molar-refractivity contribution in [2.45, 2.75) is 32.0 Å². The van der Waals surface area contributed by atoms with Gasteiger partial charge in [-0.25, -0.2) is 0 Å². The van der Waals surface area contributed by atoms with Crippen molar-refractivity contribution in [3.05, 3.63) is 24.2 Å². The Morgan fingerprint density at radius 1 is 1.65 bits per heavy atom. The van der Waals surface area contributed by atoms with E-state index in [2.05, 4.69) is 5.32 Å². The maximum atomic E-state index is 12.2. The van der Waals surface area contributed by atoms with Crippen LogP contribution in [0, 0.1) is 0 Å². The number of nitrogens with zero attached hydrogens (tertiary/aromatic N) is 1. The van der Waals surface area contributed by atoms with Crippen LogP contribution in [-0.2, 0) is 11.3 Å². The van der Waals surface area contributed by atoms with Crippen LogP contribution in [0.15, 0.2) is 22.8 Å². The van der Waals surface area contributed by atoms with Crippen LogP contribution in [0.3, 0.4) is 0 Å². The van der Waals surface area contributed by atoms with E-state index in [9.17, 15) is 9.90 Å². The highest BCUT2D eigenvalue weighted by Gasteiger charge is 2.30. The van der Waals surface area contributed by atoms with Crippen molar-refractivity contribution < 1.29 is 14.3 Å². The normalized spacial score (nSPS) is 26.0. The zero-order chi connectivity index (χ0) is 12.3. The zero-order valence-corrected chi connectivity index (χ0v) is 9.93. The summed E-state index contributed by atoms with van der Waals surface area (Å²) < 4.78 is 5.27. The molecule has 2 heterocycles. The van der Waals surface area contributed by atoms with Crippen molar-refractivity contribution in [3.63, 3.8) is 0 Å². The second-order valence-corrected chi connectivity index (χ2v) is 4.37. The predicted molar refractivity (Wildman–Crippen MR) is 62.2 cm³/mol. The van der Waals surface area contributed by atoms with Gasteiger partial charge in [-0.15, -0.1) is 0 Å². The highest BCUT2D eigenvalue weighted by molar-refractivity contribution is 5.82. The van der Waals surface area contributed by atoms with E-state index in [-0.39, 0.29) is 18.6 Å². The zero-order valence-electron chi connectivity index (χ0n) is 9.93. The van der Waals surface area contributed by atoms with Gasteiger partial charge in [-0.3, -0.25) is 4.79 Å². The Balaban J connectivity index is 2.12. The van der Waals surface area contributed by atoms with Crippen molar-refractivity contribution in [1.82, 2.24) is 10.2 Å². The minimum atomic E-state index is -0.491. The first-order valence-electron chi connectivity index (χ1n) is 5.89. The molecule has 1 aliphatic rings. The smallest absolute Gasteiger partial charge is 0.242 e. The first-order valence-corrected chi connectivity index (χ1v) is 5.89. The third-order valence-electron chi connectivity index (χ3n) is 3.15. The van der Waals surface area contributed by atoms with Gasteiger partial charge >= 0.3 is 0 Å². The molecule has 1 saturated heterocycles. The molecule has 2 atom stereocenters. The second-order valence-electron chi connectivity index (χ2n) is 4.37. The summed E-state index contributed by atoms with van der Waals surface area (Å²) >= 11 is 0. The summed E-state index contributed by atoms with van der Waals surface area (Å²) in [5.74, 6) is 0.706. The molecule has 17 heavy (non-hydrogen) atoms. The van der Waals surface area contributed by atoms with Gasteiger partial charge in [0.15, 0.2) is 0 Å². The third kappa shape index (κ3) is 2.68. The topological polar surface area (TPSA) is 65.7 Å². The number of hydrogen-bond donors (Lipinski definition) is 2. The van der Waals surface area contributed by atoms with Crippen molar-refractivity contribution >= 4 is 5.91 Å². The highest BCUT2D eigenvalue weighted by Crippen LogP contribution is 2.15. The Kier molecular flexibility index (Phi) is 3.81. The third-order valence-corrected chi connectivity index (χ3v) is 3.15. The van der Waals surface area contributed by atoms with Crippen LogP contribution in [0.2, 0.25) is 0 Å². The van der Waals surface area contributed by atoms with Gasteiger partial charge in [0.2, 0.25) is 5.91 Å². The molecule has 1 fully saturated rings. The quantitative estimate of drug-likeness (QED) is 0.797. The molecule has 0 aromatic carbocycles. The van der Waals surface area contributed by atoms with Gasteiger partial charge in [-0.1, -0.05) is 0 Å². The lowest BCUT2D eigenvalue weighted by molar-refractivity contribution is -0.136. The molecule has 1 aromatic rings. The largest absolute Gasteiger partial charge is 0.467 e. The van der Waals surface area contributed by atoms with Crippen LogP contribution in [-0.4, -0.2) is 41.1 Å². The van der Waals surface area contributed by atoms with Gasteiger partial charge in [0.05, 0.1) is 19.4 Å². The van der Waals surface area contributed by atoms with Crippen molar-refractivity contribution in [2.75, 3.05) is 13.2 Å². The standard InChI is InChI=1S/C12H18N2O3/c1-9-4-5-13-11(8-15)12(16)14(9)7-10-3-2-6-17-10/h2-3,6,9,11,13,15H,4-5,7-8H2,1H3. The number of furan rings is 1. The van der Waals surface area contributed by atoms with E-state index in [4.69, 9.17) is 4.42 Å². The molecule has 1 aromatic heterocycles. The molecule has 2 unspecified atom stereocenters. The average Bonchev–Trinajstić information content (AvgIpc) is 2.79. The van der Waals surface area contributed by atoms with Gasteiger partial charge in [-0.2, -0.15) is 0 Å². The van der Waals surface area contributed by atoms with Gasteiger partial charge in [0, 0.05) is 6.04 Å². The fourth-order valence-corrected chi connectivity index (χ4v) is 2.07. The minimum Gasteiger partial charge on any atom is -0.467 e. The Labute approximate surface area is 100 Å². The number of carbonyl (C=O) groups is 1. The summed E-state index contributed by atoms with van der Waals surface area (Å²) in [6.45, 7) is 3.06.